The molecule has 2 aliphatic heterocycles. The van der Waals surface area contributed by atoms with E-state index in [1.165, 1.54) is 54.1 Å². The molecule has 1 saturated heterocycles. The van der Waals surface area contributed by atoms with E-state index in [1.807, 2.05) is 0 Å². The highest BCUT2D eigenvalue weighted by atomic mass is 32.2. The number of thioether (sulfide) groups is 1. The van der Waals surface area contributed by atoms with Gasteiger partial charge in [0, 0.05) is 42.2 Å². The van der Waals surface area contributed by atoms with E-state index in [0.29, 0.717) is 22.5 Å². The van der Waals surface area contributed by atoms with Gasteiger partial charge in [0.15, 0.2) is 0 Å². The van der Waals surface area contributed by atoms with Gasteiger partial charge in [0.2, 0.25) is 5.91 Å². The Morgan fingerprint density at radius 3 is 2.67 bits per heavy atom. The first kappa shape index (κ1) is 21.3. The topological polar surface area (TPSA) is 119 Å². The summed E-state index contributed by atoms with van der Waals surface area (Å²) in [5.74, 6) is -1.09. The third-order valence-corrected chi connectivity index (χ3v) is 5.52. The van der Waals surface area contributed by atoms with Crippen molar-refractivity contribution in [1.82, 2.24) is 10.2 Å². The lowest BCUT2D eigenvalue weighted by molar-refractivity contribution is -0.384. The second-order valence-corrected chi connectivity index (χ2v) is 7.53. The molecule has 9 nitrogen and oxygen atoms in total. The summed E-state index contributed by atoms with van der Waals surface area (Å²) in [6.45, 7) is 3.08. The molecule has 1 atom stereocenters. The van der Waals surface area contributed by atoms with Crippen LogP contribution in [-0.4, -0.2) is 33.6 Å². The first-order valence-electron chi connectivity index (χ1n) is 9.05. The molecule has 0 saturated carbocycles. The average molecular weight is 429 g/mol. The van der Waals surface area contributed by atoms with Crippen molar-refractivity contribution in [1.29, 1.82) is 0 Å². The molecular formula is C20H19N3O6S. The fraction of sp³-hybridized carbons (Fsp3) is 0.250. The highest BCUT2D eigenvalue weighted by Crippen LogP contribution is 2.46. The molecule has 0 aromatic heterocycles. The number of β-lactam (4-membered cyclic amide) rings is 1. The Labute approximate surface area is 176 Å². The van der Waals surface area contributed by atoms with Crippen molar-refractivity contribution in [2.24, 2.45) is 0 Å². The molecule has 1 aromatic carbocycles. The summed E-state index contributed by atoms with van der Waals surface area (Å²) in [7, 11) is 0. The fourth-order valence-electron chi connectivity index (χ4n) is 3.19. The van der Waals surface area contributed by atoms with Crippen LogP contribution in [0.1, 0.15) is 25.8 Å². The van der Waals surface area contributed by atoms with Gasteiger partial charge in [-0.25, -0.2) is 4.79 Å². The summed E-state index contributed by atoms with van der Waals surface area (Å²) in [6.07, 6.45) is 3.69. The first-order chi connectivity index (χ1) is 14.3. The number of ether oxygens (including phenoxy) is 1. The predicted molar refractivity (Wildman–Crippen MR) is 109 cm³/mol. The molecule has 10 heteroatoms. The molecule has 1 fully saturated rings. The van der Waals surface area contributed by atoms with E-state index in [1.54, 1.807) is 18.4 Å². The molecule has 30 heavy (non-hydrogen) atoms. The van der Waals surface area contributed by atoms with E-state index in [-0.39, 0.29) is 35.8 Å². The number of carbonyl (C=O) groups excluding carboxylic acids is 3. The molecule has 156 valence electrons. The van der Waals surface area contributed by atoms with Gasteiger partial charge >= 0.3 is 5.97 Å². The minimum Gasteiger partial charge on any atom is -0.456 e. The van der Waals surface area contributed by atoms with Crippen molar-refractivity contribution in [2.45, 2.75) is 32.9 Å². The summed E-state index contributed by atoms with van der Waals surface area (Å²) in [5.41, 5.74) is 1.38. The number of nitrogens with zero attached hydrogens (tertiary/aromatic N) is 2. The fourth-order valence-corrected chi connectivity index (χ4v) is 4.04. The number of carbonyl (C=O) groups is 3. The van der Waals surface area contributed by atoms with Gasteiger partial charge in [0.25, 0.3) is 11.6 Å². The Morgan fingerprint density at radius 2 is 2.07 bits per heavy atom. The van der Waals surface area contributed by atoms with E-state index < -0.39 is 10.9 Å². The molecule has 3 rings (SSSR count). The van der Waals surface area contributed by atoms with Gasteiger partial charge in [-0.05, 0) is 30.0 Å². The molecule has 1 N–H and O–H groups in total. The molecule has 0 bridgehead atoms. The van der Waals surface area contributed by atoms with Gasteiger partial charge in [-0.3, -0.25) is 24.6 Å². The number of nitrogens with one attached hydrogen (secondary N) is 1. The molecule has 0 unspecified atom stereocenters. The summed E-state index contributed by atoms with van der Waals surface area (Å²) in [6, 6.07) is 5.49. The Balaban J connectivity index is 1.73. The highest BCUT2D eigenvalue weighted by Gasteiger charge is 2.51. The number of hydrogen-bond acceptors (Lipinski definition) is 7. The van der Waals surface area contributed by atoms with Crippen LogP contribution in [0.15, 0.2) is 58.1 Å². The number of amides is 2. The van der Waals surface area contributed by atoms with E-state index in [0.717, 1.165) is 0 Å². The van der Waals surface area contributed by atoms with Crippen LogP contribution in [0, 0.1) is 10.1 Å². The van der Waals surface area contributed by atoms with E-state index in [2.05, 4.69) is 5.32 Å². The number of allylic oxidation sites excluding steroid dienone is 1. The third kappa shape index (κ3) is 4.28. The van der Waals surface area contributed by atoms with Crippen LogP contribution in [0.5, 0.6) is 0 Å². The van der Waals surface area contributed by atoms with Crippen LogP contribution in [0.2, 0.25) is 0 Å². The van der Waals surface area contributed by atoms with Gasteiger partial charge < -0.3 is 10.1 Å². The molecule has 2 aliphatic rings. The second-order valence-electron chi connectivity index (χ2n) is 6.53. The smallest absolute Gasteiger partial charge is 0.356 e. The van der Waals surface area contributed by atoms with Crippen molar-refractivity contribution < 1.29 is 24.0 Å². The second kappa shape index (κ2) is 8.95. The maximum Gasteiger partial charge on any atom is 0.356 e. The molecular weight excluding hydrogens is 410 g/mol. The van der Waals surface area contributed by atoms with Crippen molar-refractivity contribution in [3.05, 3.63) is 73.8 Å². The SMILES string of the molecule is C/C=C1/C(=O)N2C(C(=O)OCc3ccc([N+](=O)[O-])cc3)=C(S/C=C/NC(C)=O)C[C@H]12. The minimum absolute atomic E-state index is 0.0545. The van der Waals surface area contributed by atoms with Crippen LogP contribution >= 0.6 is 11.8 Å². The van der Waals surface area contributed by atoms with Crippen LogP contribution in [0.4, 0.5) is 5.69 Å². The van der Waals surface area contributed by atoms with Crippen molar-refractivity contribution in [3.63, 3.8) is 0 Å². The number of non-ortho nitro benzene ring substituents is 1. The molecule has 0 spiro atoms. The highest BCUT2D eigenvalue weighted by molar-refractivity contribution is 8.05. The normalized spacial score (nSPS) is 19.1. The predicted octanol–water partition coefficient (Wildman–Crippen LogP) is 2.75. The van der Waals surface area contributed by atoms with Crippen LogP contribution in [0.3, 0.4) is 0 Å². The largest absolute Gasteiger partial charge is 0.456 e. The number of rotatable bonds is 7. The Morgan fingerprint density at radius 1 is 1.37 bits per heavy atom. The lowest BCUT2D eigenvalue weighted by Crippen LogP contribution is -2.52. The van der Waals surface area contributed by atoms with Crippen LogP contribution in [-0.2, 0) is 25.7 Å². The van der Waals surface area contributed by atoms with Crippen LogP contribution in [0.25, 0.3) is 0 Å². The van der Waals surface area contributed by atoms with Crippen molar-refractivity contribution in [2.75, 3.05) is 0 Å². The Kier molecular flexibility index (Phi) is 6.36. The molecule has 2 heterocycles. The monoisotopic (exact) mass is 429 g/mol. The average Bonchev–Trinajstić information content (AvgIpc) is 3.04. The Hall–Kier alpha value is -3.40. The van der Waals surface area contributed by atoms with Crippen LogP contribution < -0.4 is 5.32 Å². The summed E-state index contributed by atoms with van der Waals surface area (Å²) in [5, 5.41) is 14.9. The zero-order valence-corrected chi connectivity index (χ0v) is 17.1. The molecule has 2 amide bonds. The summed E-state index contributed by atoms with van der Waals surface area (Å²) in [4.78, 5) is 48.5. The summed E-state index contributed by atoms with van der Waals surface area (Å²) >= 11 is 1.24. The van der Waals surface area contributed by atoms with Gasteiger partial charge in [0.1, 0.15) is 12.3 Å². The molecule has 1 aromatic rings. The number of nitro groups is 1. The van der Waals surface area contributed by atoms with Gasteiger partial charge in [0.05, 0.1) is 11.0 Å². The number of benzene rings is 1. The van der Waals surface area contributed by atoms with E-state index >= 15 is 0 Å². The number of esters is 1. The lowest BCUT2D eigenvalue weighted by Gasteiger charge is -2.38. The zero-order chi connectivity index (χ0) is 21.8. The van der Waals surface area contributed by atoms with Crippen molar-refractivity contribution >= 4 is 35.2 Å². The van der Waals surface area contributed by atoms with Gasteiger partial charge in [-0.15, -0.1) is 0 Å². The standard InChI is InChI=1S/C20H19N3O6S/c1-3-15-16-10-17(30-9-8-21-12(2)24)18(22(16)19(15)25)20(26)29-11-13-4-6-14(7-5-13)23(27)28/h3-9,16H,10-11H2,1-2H3,(H,21,24)/b9-8+,15-3+/t16-/m1/s1. The molecule has 0 aliphatic carbocycles. The van der Waals surface area contributed by atoms with Gasteiger partial charge in [-0.2, -0.15) is 0 Å². The molecule has 0 radical (unpaired) electrons. The lowest BCUT2D eigenvalue weighted by atomic mass is 9.94. The minimum atomic E-state index is -0.644. The maximum atomic E-state index is 12.8. The maximum absolute atomic E-state index is 12.8. The zero-order valence-electron chi connectivity index (χ0n) is 16.3. The Bertz CT molecular complexity index is 996. The summed E-state index contributed by atoms with van der Waals surface area (Å²) < 4.78 is 5.37. The van der Waals surface area contributed by atoms with E-state index in [4.69, 9.17) is 4.74 Å². The van der Waals surface area contributed by atoms with Crippen molar-refractivity contribution in [3.8, 4) is 0 Å². The third-order valence-electron chi connectivity index (χ3n) is 4.61. The first-order valence-corrected chi connectivity index (χ1v) is 9.93. The number of nitro benzene ring substituents is 1. The van der Waals surface area contributed by atoms with Gasteiger partial charge in [-0.1, -0.05) is 17.8 Å². The number of fused-ring (bicyclic) bond motifs is 1. The van der Waals surface area contributed by atoms with E-state index in [9.17, 15) is 24.5 Å². The quantitative estimate of drug-likeness (QED) is 0.233. The number of hydrogen-bond donors (Lipinski definition) is 1.